The highest BCUT2D eigenvalue weighted by atomic mass is 32.1. The van der Waals surface area contributed by atoms with Gasteiger partial charge < -0.3 is 15.5 Å². The van der Waals surface area contributed by atoms with E-state index in [0.717, 1.165) is 24.3 Å². The van der Waals surface area contributed by atoms with E-state index in [1.165, 1.54) is 22.3 Å². The monoisotopic (exact) mass is 344 g/mol. The van der Waals surface area contributed by atoms with E-state index < -0.39 is 0 Å². The van der Waals surface area contributed by atoms with E-state index in [-0.39, 0.29) is 11.8 Å². The summed E-state index contributed by atoms with van der Waals surface area (Å²) in [5.41, 5.74) is 2.85. The number of fused-ring (bicyclic) bond motifs is 1. The standard InChI is InChI=1S/C18H21N3O2S/c1-12-16-8-10-24-17(16)7-9-21(12)11-18(23)20-15-5-3-14(4-6-15)19-13(2)22/h3-6,8,10,12H,7,9,11H2,1-2H3,(H,19,22)(H,20,23)/p+1/t12-/m1/s1. The largest absolute Gasteiger partial charge is 0.326 e. The Morgan fingerprint density at radius 1 is 1.17 bits per heavy atom. The van der Waals surface area contributed by atoms with Gasteiger partial charge in [-0.3, -0.25) is 9.59 Å². The number of benzene rings is 1. The summed E-state index contributed by atoms with van der Waals surface area (Å²) in [7, 11) is 0. The summed E-state index contributed by atoms with van der Waals surface area (Å²) < 4.78 is 0. The quantitative estimate of drug-likeness (QED) is 0.793. The number of hydrogen-bond donors (Lipinski definition) is 3. The highest BCUT2D eigenvalue weighted by Gasteiger charge is 2.29. The number of amides is 2. The van der Waals surface area contributed by atoms with Gasteiger partial charge in [-0.1, -0.05) is 0 Å². The Kier molecular flexibility index (Phi) is 4.97. The van der Waals surface area contributed by atoms with Crippen LogP contribution in [0.4, 0.5) is 11.4 Å². The van der Waals surface area contributed by atoms with Crippen LogP contribution in [0, 0.1) is 0 Å². The smallest absolute Gasteiger partial charge is 0.279 e. The van der Waals surface area contributed by atoms with Crippen molar-refractivity contribution in [2.75, 3.05) is 23.7 Å². The molecule has 2 atom stereocenters. The zero-order valence-electron chi connectivity index (χ0n) is 13.9. The molecular formula is C18H22N3O2S+. The van der Waals surface area contributed by atoms with E-state index in [4.69, 9.17) is 0 Å². The molecule has 6 heteroatoms. The first-order chi connectivity index (χ1) is 11.5. The summed E-state index contributed by atoms with van der Waals surface area (Å²) in [5, 5.41) is 7.79. The van der Waals surface area contributed by atoms with E-state index in [1.54, 1.807) is 24.3 Å². The van der Waals surface area contributed by atoms with Crippen molar-refractivity contribution in [3.05, 3.63) is 46.2 Å². The number of nitrogens with one attached hydrogen (secondary N) is 3. The molecular weight excluding hydrogens is 322 g/mol. The summed E-state index contributed by atoms with van der Waals surface area (Å²) in [6.45, 7) is 5.11. The van der Waals surface area contributed by atoms with Gasteiger partial charge in [-0.25, -0.2) is 0 Å². The fourth-order valence-electron chi connectivity index (χ4n) is 3.14. The van der Waals surface area contributed by atoms with E-state index in [2.05, 4.69) is 29.0 Å². The Labute approximate surface area is 145 Å². The molecule has 1 aromatic carbocycles. The van der Waals surface area contributed by atoms with Gasteiger partial charge in [0.1, 0.15) is 6.04 Å². The zero-order valence-corrected chi connectivity index (χ0v) is 14.7. The third kappa shape index (κ3) is 3.83. The Morgan fingerprint density at radius 3 is 2.50 bits per heavy atom. The molecule has 0 aliphatic carbocycles. The molecule has 2 aromatic rings. The molecule has 5 nitrogen and oxygen atoms in total. The third-order valence-electron chi connectivity index (χ3n) is 4.41. The van der Waals surface area contributed by atoms with Crippen LogP contribution in [0.1, 0.15) is 30.3 Å². The Balaban J connectivity index is 1.57. The lowest BCUT2D eigenvalue weighted by Crippen LogP contribution is -3.14. The Hall–Kier alpha value is -2.18. The van der Waals surface area contributed by atoms with Crippen molar-refractivity contribution < 1.29 is 14.5 Å². The number of thiophene rings is 1. The molecule has 0 bridgehead atoms. The van der Waals surface area contributed by atoms with Gasteiger partial charge >= 0.3 is 0 Å². The molecule has 0 fully saturated rings. The van der Waals surface area contributed by atoms with Crippen molar-refractivity contribution >= 4 is 34.5 Å². The van der Waals surface area contributed by atoms with Gasteiger partial charge in [0, 0.05) is 35.2 Å². The van der Waals surface area contributed by atoms with E-state index in [1.807, 2.05) is 11.3 Å². The lowest BCUT2D eigenvalue weighted by molar-refractivity contribution is -0.923. The fourth-order valence-corrected chi connectivity index (χ4v) is 4.12. The third-order valence-corrected chi connectivity index (χ3v) is 5.41. The molecule has 24 heavy (non-hydrogen) atoms. The SMILES string of the molecule is CC(=O)Nc1ccc(NC(=O)C[NH+]2CCc3sccc3[C@H]2C)cc1. The molecule has 2 heterocycles. The van der Waals surface area contributed by atoms with Gasteiger partial charge in [0.25, 0.3) is 5.91 Å². The minimum Gasteiger partial charge on any atom is -0.326 e. The van der Waals surface area contributed by atoms with Gasteiger partial charge in [-0.05, 0) is 42.6 Å². The normalized spacial score (nSPS) is 19.4. The van der Waals surface area contributed by atoms with Gasteiger partial charge in [0.15, 0.2) is 6.54 Å². The van der Waals surface area contributed by atoms with Gasteiger partial charge in [0.05, 0.1) is 6.54 Å². The average molecular weight is 344 g/mol. The summed E-state index contributed by atoms with van der Waals surface area (Å²) in [6.07, 6.45) is 1.05. The van der Waals surface area contributed by atoms with Crippen molar-refractivity contribution in [2.24, 2.45) is 0 Å². The molecule has 1 aliphatic heterocycles. The summed E-state index contributed by atoms with van der Waals surface area (Å²) in [5.74, 6) is -0.0925. The number of rotatable bonds is 4. The molecule has 3 N–H and O–H groups in total. The van der Waals surface area contributed by atoms with Crippen molar-refractivity contribution in [3.8, 4) is 0 Å². The molecule has 0 spiro atoms. The summed E-state index contributed by atoms with van der Waals surface area (Å²) >= 11 is 1.81. The summed E-state index contributed by atoms with van der Waals surface area (Å²) in [4.78, 5) is 26.1. The van der Waals surface area contributed by atoms with Crippen molar-refractivity contribution in [2.45, 2.75) is 26.3 Å². The average Bonchev–Trinajstić information content (AvgIpc) is 3.01. The second-order valence-corrected chi connectivity index (χ2v) is 7.16. The first-order valence-corrected chi connectivity index (χ1v) is 8.99. The molecule has 1 unspecified atom stereocenters. The first kappa shape index (κ1) is 16.7. The highest BCUT2D eigenvalue weighted by molar-refractivity contribution is 7.10. The number of anilines is 2. The van der Waals surface area contributed by atoms with Crippen LogP contribution in [0.3, 0.4) is 0 Å². The Morgan fingerprint density at radius 2 is 1.83 bits per heavy atom. The fraction of sp³-hybridized carbons (Fsp3) is 0.333. The zero-order chi connectivity index (χ0) is 17.1. The van der Waals surface area contributed by atoms with E-state index >= 15 is 0 Å². The minimum absolute atomic E-state index is 0.0165. The molecule has 126 valence electrons. The lowest BCUT2D eigenvalue weighted by atomic mass is 10.0. The second kappa shape index (κ2) is 7.15. The lowest BCUT2D eigenvalue weighted by Gasteiger charge is -2.29. The van der Waals surface area contributed by atoms with Crippen molar-refractivity contribution in [1.29, 1.82) is 0 Å². The minimum atomic E-state index is -0.109. The molecule has 0 radical (unpaired) electrons. The highest BCUT2D eigenvalue weighted by Crippen LogP contribution is 2.24. The van der Waals surface area contributed by atoms with Crippen molar-refractivity contribution in [3.63, 3.8) is 0 Å². The van der Waals surface area contributed by atoms with Crippen LogP contribution in [0.2, 0.25) is 0 Å². The first-order valence-electron chi connectivity index (χ1n) is 8.11. The van der Waals surface area contributed by atoms with Gasteiger partial charge in [-0.15, -0.1) is 11.3 Å². The molecule has 1 aliphatic rings. The predicted octanol–water partition coefficient (Wildman–Crippen LogP) is 1.85. The van der Waals surface area contributed by atoms with Gasteiger partial charge in [0.2, 0.25) is 5.91 Å². The van der Waals surface area contributed by atoms with Gasteiger partial charge in [-0.2, -0.15) is 0 Å². The maximum absolute atomic E-state index is 12.3. The van der Waals surface area contributed by atoms with Crippen LogP contribution in [-0.2, 0) is 16.0 Å². The maximum atomic E-state index is 12.3. The molecule has 0 saturated heterocycles. The molecule has 3 rings (SSSR count). The van der Waals surface area contributed by atoms with E-state index in [9.17, 15) is 9.59 Å². The van der Waals surface area contributed by atoms with Crippen LogP contribution in [0.5, 0.6) is 0 Å². The van der Waals surface area contributed by atoms with Crippen LogP contribution in [-0.4, -0.2) is 24.9 Å². The molecule has 2 amide bonds. The number of carbonyl (C=O) groups excluding carboxylic acids is 2. The Bertz CT molecular complexity index is 739. The number of quaternary nitrogens is 1. The van der Waals surface area contributed by atoms with E-state index in [0.29, 0.717) is 12.6 Å². The molecule has 0 saturated carbocycles. The maximum Gasteiger partial charge on any atom is 0.279 e. The van der Waals surface area contributed by atoms with Crippen LogP contribution < -0.4 is 15.5 Å². The van der Waals surface area contributed by atoms with Crippen molar-refractivity contribution in [1.82, 2.24) is 0 Å². The topological polar surface area (TPSA) is 62.6 Å². The second-order valence-electron chi connectivity index (χ2n) is 6.16. The molecule has 1 aromatic heterocycles. The van der Waals surface area contributed by atoms with Crippen LogP contribution >= 0.6 is 11.3 Å². The number of carbonyl (C=O) groups is 2. The number of hydrogen-bond acceptors (Lipinski definition) is 3. The summed E-state index contributed by atoms with van der Waals surface area (Å²) in [6, 6.07) is 9.70. The predicted molar refractivity (Wildman–Crippen MR) is 96.5 cm³/mol. The van der Waals surface area contributed by atoms with Crippen LogP contribution in [0.25, 0.3) is 0 Å². The van der Waals surface area contributed by atoms with Crippen LogP contribution in [0.15, 0.2) is 35.7 Å².